The zero-order chi connectivity index (χ0) is 14.4. The summed E-state index contributed by atoms with van der Waals surface area (Å²) in [7, 11) is 0. The number of hydrogen-bond donors (Lipinski definition) is 0. The fourth-order valence-corrected chi connectivity index (χ4v) is 3.33. The second-order valence-electron chi connectivity index (χ2n) is 4.97. The molecule has 0 aromatic carbocycles. The summed E-state index contributed by atoms with van der Waals surface area (Å²) in [6.45, 7) is 2.64. The lowest BCUT2D eigenvalue weighted by molar-refractivity contribution is -0.143. The Labute approximate surface area is 123 Å². The summed E-state index contributed by atoms with van der Waals surface area (Å²) in [5.74, 6) is -0.175. The van der Waals surface area contributed by atoms with Crippen LogP contribution < -0.4 is 0 Å². The van der Waals surface area contributed by atoms with E-state index in [0.29, 0.717) is 13.2 Å². The topological polar surface area (TPSA) is 46.6 Å². The Balaban J connectivity index is 2.00. The molecule has 0 N–H and O–H groups in total. The van der Waals surface area contributed by atoms with Gasteiger partial charge in [-0.25, -0.2) is 0 Å². The second-order valence-corrected chi connectivity index (χ2v) is 5.92. The molecule has 1 heterocycles. The standard InChI is InChI=1S/C15H21NO3S/c1-2-19-14(17)9-10-16(12-6-3-4-7-12)15(18)13-8-5-11-20-13/h5,8,11-12H,2-4,6-7,9-10H2,1H3. The van der Waals surface area contributed by atoms with Gasteiger partial charge in [0.2, 0.25) is 0 Å². The van der Waals surface area contributed by atoms with Gasteiger partial charge >= 0.3 is 5.97 Å². The maximum atomic E-state index is 12.5. The minimum Gasteiger partial charge on any atom is -0.466 e. The van der Waals surface area contributed by atoms with Gasteiger partial charge in [0.1, 0.15) is 0 Å². The average molecular weight is 295 g/mol. The number of thiophene rings is 1. The SMILES string of the molecule is CCOC(=O)CCN(C(=O)c1cccs1)C1CCCC1. The van der Waals surface area contributed by atoms with E-state index in [1.807, 2.05) is 22.4 Å². The summed E-state index contributed by atoms with van der Waals surface area (Å²) in [4.78, 5) is 26.7. The van der Waals surface area contributed by atoms with Crippen molar-refractivity contribution in [2.75, 3.05) is 13.2 Å². The molecular formula is C15H21NO3S. The molecular weight excluding hydrogens is 274 g/mol. The third-order valence-corrected chi connectivity index (χ3v) is 4.48. The Hall–Kier alpha value is -1.36. The van der Waals surface area contributed by atoms with Crippen molar-refractivity contribution < 1.29 is 14.3 Å². The van der Waals surface area contributed by atoms with Crippen LogP contribution in [0.4, 0.5) is 0 Å². The van der Waals surface area contributed by atoms with Crippen LogP contribution in [0.3, 0.4) is 0 Å². The molecule has 1 amide bonds. The third kappa shape index (κ3) is 3.82. The number of carbonyl (C=O) groups is 2. The Kier molecular flexibility index (Phi) is 5.59. The summed E-state index contributed by atoms with van der Waals surface area (Å²) in [5, 5.41) is 1.91. The van der Waals surface area contributed by atoms with Crippen molar-refractivity contribution in [1.82, 2.24) is 4.90 Å². The summed E-state index contributed by atoms with van der Waals surface area (Å²) in [6.07, 6.45) is 4.69. The number of ether oxygens (including phenoxy) is 1. The van der Waals surface area contributed by atoms with Gasteiger partial charge in [-0.05, 0) is 31.2 Å². The molecule has 1 aliphatic rings. The molecule has 1 aliphatic carbocycles. The first-order valence-corrected chi connectivity index (χ1v) is 8.10. The Morgan fingerprint density at radius 3 is 2.75 bits per heavy atom. The van der Waals surface area contributed by atoms with Gasteiger partial charge in [0.05, 0.1) is 17.9 Å². The predicted octanol–water partition coefficient (Wildman–Crippen LogP) is 3.09. The first kappa shape index (κ1) is 15.0. The molecule has 4 nitrogen and oxygen atoms in total. The van der Waals surface area contributed by atoms with Crippen molar-refractivity contribution in [2.24, 2.45) is 0 Å². The molecule has 0 saturated heterocycles. The van der Waals surface area contributed by atoms with Gasteiger partial charge in [-0.2, -0.15) is 0 Å². The third-order valence-electron chi connectivity index (χ3n) is 3.62. The van der Waals surface area contributed by atoms with Gasteiger partial charge in [0.25, 0.3) is 5.91 Å². The van der Waals surface area contributed by atoms with Crippen LogP contribution >= 0.6 is 11.3 Å². The van der Waals surface area contributed by atoms with E-state index >= 15 is 0 Å². The highest BCUT2D eigenvalue weighted by atomic mass is 32.1. The molecule has 0 atom stereocenters. The first-order chi connectivity index (χ1) is 9.72. The average Bonchev–Trinajstić information content (AvgIpc) is 3.12. The lowest BCUT2D eigenvalue weighted by Crippen LogP contribution is -2.40. The second kappa shape index (κ2) is 7.43. The number of nitrogens with zero attached hydrogens (tertiary/aromatic N) is 1. The minimum atomic E-state index is -0.227. The minimum absolute atomic E-state index is 0.0520. The highest BCUT2D eigenvalue weighted by molar-refractivity contribution is 7.12. The van der Waals surface area contributed by atoms with Crippen molar-refractivity contribution in [3.63, 3.8) is 0 Å². The van der Waals surface area contributed by atoms with Crippen molar-refractivity contribution >= 4 is 23.2 Å². The highest BCUT2D eigenvalue weighted by Gasteiger charge is 2.28. The fourth-order valence-electron chi connectivity index (χ4n) is 2.65. The maximum Gasteiger partial charge on any atom is 0.307 e. The molecule has 0 radical (unpaired) electrons. The van der Waals surface area contributed by atoms with Gasteiger partial charge in [-0.1, -0.05) is 18.9 Å². The smallest absolute Gasteiger partial charge is 0.307 e. The molecule has 5 heteroatoms. The maximum absolute atomic E-state index is 12.5. The predicted molar refractivity (Wildman–Crippen MR) is 78.9 cm³/mol. The quantitative estimate of drug-likeness (QED) is 0.758. The monoisotopic (exact) mass is 295 g/mol. The summed E-state index contributed by atoms with van der Waals surface area (Å²) in [5.41, 5.74) is 0. The first-order valence-electron chi connectivity index (χ1n) is 7.22. The van der Waals surface area contributed by atoms with E-state index in [9.17, 15) is 9.59 Å². The van der Waals surface area contributed by atoms with Crippen molar-refractivity contribution in [1.29, 1.82) is 0 Å². The Morgan fingerprint density at radius 1 is 1.40 bits per heavy atom. The number of carbonyl (C=O) groups excluding carboxylic acids is 2. The van der Waals surface area contributed by atoms with E-state index in [2.05, 4.69) is 0 Å². The van der Waals surface area contributed by atoms with E-state index in [1.54, 1.807) is 6.92 Å². The van der Waals surface area contributed by atoms with Gasteiger partial charge in [0, 0.05) is 12.6 Å². The van der Waals surface area contributed by atoms with Crippen molar-refractivity contribution in [3.8, 4) is 0 Å². The largest absolute Gasteiger partial charge is 0.466 e. The van der Waals surface area contributed by atoms with Crippen LogP contribution in [0.25, 0.3) is 0 Å². The number of rotatable bonds is 6. The summed E-state index contributed by atoms with van der Waals surface area (Å²) < 4.78 is 4.95. The molecule has 110 valence electrons. The normalized spacial score (nSPS) is 15.2. The molecule has 1 saturated carbocycles. The van der Waals surface area contributed by atoms with Gasteiger partial charge in [-0.15, -0.1) is 11.3 Å². The van der Waals surface area contributed by atoms with E-state index < -0.39 is 0 Å². The van der Waals surface area contributed by atoms with Crippen LogP contribution in [-0.4, -0.2) is 36.0 Å². The molecule has 0 aliphatic heterocycles. The highest BCUT2D eigenvalue weighted by Crippen LogP contribution is 2.26. The van der Waals surface area contributed by atoms with E-state index in [1.165, 1.54) is 11.3 Å². The zero-order valence-corrected chi connectivity index (χ0v) is 12.7. The summed E-state index contributed by atoms with van der Waals surface area (Å²) in [6, 6.07) is 4.01. The van der Waals surface area contributed by atoms with E-state index in [-0.39, 0.29) is 24.3 Å². The van der Waals surface area contributed by atoms with E-state index in [0.717, 1.165) is 30.6 Å². The van der Waals surface area contributed by atoms with Crippen LogP contribution in [0.5, 0.6) is 0 Å². The Morgan fingerprint density at radius 2 is 2.15 bits per heavy atom. The van der Waals surface area contributed by atoms with Crippen molar-refractivity contribution in [3.05, 3.63) is 22.4 Å². The molecule has 1 fully saturated rings. The number of amides is 1. The van der Waals surface area contributed by atoms with Gasteiger partial charge in [-0.3, -0.25) is 9.59 Å². The lowest BCUT2D eigenvalue weighted by atomic mass is 10.2. The lowest BCUT2D eigenvalue weighted by Gasteiger charge is -2.28. The van der Waals surface area contributed by atoms with Crippen LogP contribution in [0.1, 0.15) is 48.7 Å². The van der Waals surface area contributed by atoms with Gasteiger partial charge in [0.15, 0.2) is 0 Å². The van der Waals surface area contributed by atoms with Crippen LogP contribution in [0.2, 0.25) is 0 Å². The fraction of sp³-hybridized carbons (Fsp3) is 0.600. The number of esters is 1. The van der Waals surface area contributed by atoms with Crippen LogP contribution in [0, 0.1) is 0 Å². The number of hydrogen-bond acceptors (Lipinski definition) is 4. The molecule has 20 heavy (non-hydrogen) atoms. The summed E-state index contributed by atoms with van der Waals surface area (Å²) >= 11 is 1.46. The molecule has 1 aromatic rings. The molecule has 0 bridgehead atoms. The zero-order valence-electron chi connectivity index (χ0n) is 11.8. The molecule has 0 unspecified atom stereocenters. The van der Waals surface area contributed by atoms with Crippen LogP contribution in [-0.2, 0) is 9.53 Å². The van der Waals surface area contributed by atoms with Crippen LogP contribution in [0.15, 0.2) is 17.5 Å². The van der Waals surface area contributed by atoms with E-state index in [4.69, 9.17) is 4.74 Å². The van der Waals surface area contributed by atoms with Crippen molar-refractivity contribution in [2.45, 2.75) is 45.1 Å². The molecule has 0 spiro atoms. The molecule has 1 aromatic heterocycles. The molecule has 2 rings (SSSR count). The van der Waals surface area contributed by atoms with Gasteiger partial charge < -0.3 is 9.64 Å². The Bertz CT molecular complexity index is 438.